The van der Waals surface area contributed by atoms with Crippen LogP contribution in [0.1, 0.15) is 12.8 Å². The van der Waals surface area contributed by atoms with Crippen LogP contribution in [-0.2, 0) is 14.3 Å². The summed E-state index contributed by atoms with van der Waals surface area (Å²) >= 11 is 0. The van der Waals surface area contributed by atoms with E-state index in [1.807, 2.05) is 0 Å². The average Bonchev–Trinajstić information content (AvgIpc) is 2.64. The van der Waals surface area contributed by atoms with Crippen molar-refractivity contribution in [3.8, 4) is 5.75 Å². The number of carbonyl (C=O) groups is 2. The molecule has 4 nitrogen and oxygen atoms in total. The Balaban J connectivity index is 2.63. The quantitative estimate of drug-likeness (QED) is 0.235. The maximum atomic E-state index is 13.3. The van der Waals surface area contributed by atoms with Crippen molar-refractivity contribution in [1.82, 2.24) is 0 Å². The first-order valence-corrected chi connectivity index (χ1v) is 7.46. The summed E-state index contributed by atoms with van der Waals surface area (Å²) in [5.74, 6) is -28.9. The van der Waals surface area contributed by atoms with E-state index in [2.05, 4.69) is 9.47 Å². The summed E-state index contributed by atoms with van der Waals surface area (Å²) in [6, 6.07) is 0.877. The first kappa shape index (κ1) is 25.4. The Bertz CT molecular complexity index is 795. The Kier molecular flexibility index (Phi) is 7.66. The van der Waals surface area contributed by atoms with E-state index in [0.717, 1.165) is 0 Å². The molecule has 0 amide bonds. The number of halogens is 11. The van der Waals surface area contributed by atoms with Crippen molar-refractivity contribution in [2.24, 2.45) is 0 Å². The predicted octanol–water partition coefficient (Wildman–Crippen LogP) is 4.50. The van der Waals surface area contributed by atoms with E-state index in [1.54, 1.807) is 0 Å². The van der Waals surface area contributed by atoms with Crippen molar-refractivity contribution in [3.05, 3.63) is 29.6 Å². The number of rotatable bonds is 9. The topological polar surface area (TPSA) is 52.6 Å². The van der Waals surface area contributed by atoms with Gasteiger partial charge in [-0.15, -0.1) is 0 Å². The molecule has 0 aliphatic carbocycles. The minimum atomic E-state index is -6.59. The van der Waals surface area contributed by atoms with Crippen molar-refractivity contribution < 1.29 is 67.4 Å². The fourth-order valence-corrected chi connectivity index (χ4v) is 1.68. The number of carbonyl (C=O) groups excluding carboxylic acids is 2. The van der Waals surface area contributed by atoms with Gasteiger partial charge >= 0.3 is 36.1 Å². The average molecular weight is 462 g/mol. The largest absolute Gasteiger partial charge is 0.459 e. The van der Waals surface area contributed by atoms with E-state index < -0.39 is 78.8 Å². The first-order chi connectivity index (χ1) is 13.5. The van der Waals surface area contributed by atoms with Crippen molar-refractivity contribution in [2.45, 2.75) is 37.0 Å². The molecule has 30 heavy (non-hydrogen) atoms. The molecule has 1 aromatic rings. The molecule has 15 heteroatoms. The molecule has 1 aromatic carbocycles. The third-order valence-corrected chi connectivity index (χ3v) is 3.32. The summed E-state index contributed by atoms with van der Waals surface area (Å²) < 4.78 is 148. The Morgan fingerprint density at radius 1 is 0.867 bits per heavy atom. The standard InChI is InChI=1S/C15H9F11O4/c16-6-1-2-7(11(18)10(6)17)30-9(28)4-3-8(27)29-5-13(21,22)15(25,26)14(23,24)12(19)20/h1-2,12H,3-5H2. The second-order valence-electron chi connectivity index (χ2n) is 5.51. The van der Waals surface area contributed by atoms with Crippen LogP contribution in [-0.4, -0.2) is 42.7 Å². The van der Waals surface area contributed by atoms with Crippen LogP contribution in [0.5, 0.6) is 5.75 Å². The molecule has 0 atom stereocenters. The van der Waals surface area contributed by atoms with Gasteiger partial charge in [-0.05, 0) is 12.1 Å². The minimum Gasteiger partial charge on any atom is -0.459 e. The summed E-state index contributed by atoms with van der Waals surface area (Å²) in [7, 11) is 0. The van der Waals surface area contributed by atoms with Crippen molar-refractivity contribution in [3.63, 3.8) is 0 Å². The summed E-state index contributed by atoms with van der Waals surface area (Å²) in [6.45, 7) is -2.73. The third-order valence-electron chi connectivity index (χ3n) is 3.32. The lowest BCUT2D eigenvalue weighted by Gasteiger charge is -2.31. The normalized spacial score (nSPS) is 12.8. The van der Waals surface area contributed by atoms with E-state index in [-0.39, 0.29) is 0 Å². The van der Waals surface area contributed by atoms with Gasteiger partial charge in [0.05, 0.1) is 12.8 Å². The molecular formula is C15H9F11O4. The summed E-state index contributed by atoms with van der Waals surface area (Å²) in [5.41, 5.74) is 0. The summed E-state index contributed by atoms with van der Waals surface area (Å²) in [6.07, 6.45) is -7.41. The Hall–Kier alpha value is -2.61. The molecule has 0 heterocycles. The number of hydrogen-bond donors (Lipinski definition) is 0. The lowest BCUT2D eigenvalue weighted by Crippen LogP contribution is -2.59. The van der Waals surface area contributed by atoms with Crippen molar-refractivity contribution >= 4 is 11.9 Å². The van der Waals surface area contributed by atoms with Gasteiger partial charge in [-0.3, -0.25) is 9.59 Å². The van der Waals surface area contributed by atoms with E-state index in [9.17, 15) is 57.9 Å². The van der Waals surface area contributed by atoms with Gasteiger partial charge in [-0.25, -0.2) is 17.6 Å². The van der Waals surface area contributed by atoms with Crippen LogP contribution in [0.2, 0.25) is 0 Å². The molecule has 170 valence electrons. The van der Waals surface area contributed by atoms with Gasteiger partial charge in [-0.1, -0.05) is 0 Å². The second kappa shape index (κ2) is 9.04. The van der Waals surface area contributed by atoms with Crippen LogP contribution in [0.15, 0.2) is 12.1 Å². The zero-order valence-electron chi connectivity index (χ0n) is 14.1. The van der Waals surface area contributed by atoms with Crippen molar-refractivity contribution in [1.29, 1.82) is 0 Å². The zero-order chi connectivity index (χ0) is 23.5. The van der Waals surface area contributed by atoms with Gasteiger partial charge in [0, 0.05) is 0 Å². The van der Waals surface area contributed by atoms with Crippen molar-refractivity contribution in [2.75, 3.05) is 6.61 Å². The number of ether oxygens (including phenoxy) is 2. The van der Waals surface area contributed by atoms with Crippen LogP contribution >= 0.6 is 0 Å². The van der Waals surface area contributed by atoms with E-state index in [1.165, 1.54) is 0 Å². The van der Waals surface area contributed by atoms with Gasteiger partial charge in [-0.2, -0.15) is 30.7 Å². The van der Waals surface area contributed by atoms with Gasteiger partial charge in [0.15, 0.2) is 24.0 Å². The van der Waals surface area contributed by atoms with Gasteiger partial charge < -0.3 is 9.47 Å². The fraction of sp³-hybridized carbons (Fsp3) is 0.467. The lowest BCUT2D eigenvalue weighted by molar-refractivity contribution is -0.344. The second-order valence-corrected chi connectivity index (χ2v) is 5.51. The molecule has 0 fully saturated rings. The molecule has 0 unspecified atom stereocenters. The van der Waals surface area contributed by atoms with Crippen LogP contribution in [0.25, 0.3) is 0 Å². The molecule has 0 aliphatic rings. The molecule has 0 spiro atoms. The maximum absolute atomic E-state index is 13.3. The molecule has 0 aliphatic heterocycles. The van der Waals surface area contributed by atoms with E-state index >= 15 is 0 Å². The third kappa shape index (κ3) is 5.30. The van der Waals surface area contributed by atoms with Gasteiger partial charge in [0.1, 0.15) is 0 Å². The van der Waals surface area contributed by atoms with Crippen LogP contribution in [0.3, 0.4) is 0 Å². The highest BCUT2D eigenvalue weighted by Gasteiger charge is 2.75. The highest BCUT2D eigenvalue weighted by Crippen LogP contribution is 2.48. The van der Waals surface area contributed by atoms with Gasteiger partial charge in [0.2, 0.25) is 5.82 Å². The van der Waals surface area contributed by atoms with Crippen LogP contribution < -0.4 is 4.74 Å². The van der Waals surface area contributed by atoms with E-state index in [0.29, 0.717) is 12.1 Å². The molecule has 0 saturated heterocycles. The molecular weight excluding hydrogens is 453 g/mol. The summed E-state index contributed by atoms with van der Waals surface area (Å²) in [4.78, 5) is 22.6. The Morgan fingerprint density at radius 3 is 1.93 bits per heavy atom. The van der Waals surface area contributed by atoms with Gasteiger partial charge in [0.25, 0.3) is 0 Å². The zero-order valence-corrected chi connectivity index (χ0v) is 14.1. The molecule has 0 bridgehead atoms. The molecule has 1 rings (SSSR count). The highest BCUT2D eigenvalue weighted by molar-refractivity contribution is 5.79. The fourth-order valence-electron chi connectivity index (χ4n) is 1.68. The SMILES string of the molecule is O=C(CCC(=O)Oc1ccc(F)c(F)c1F)OCC(F)(F)C(F)(F)C(F)(F)C(F)F. The monoisotopic (exact) mass is 462 g/mol. The number of benzene rings is 1. The predicted molar refractivity (Wildman–Crippen MR) is 73.0 cm³/mol. The number of alkyl halides is 8. The smallest absolute Gasteiger partial charge is 0.381 e. The number of esters is 2. The lowest BCUT2D eigenvalue weighted by atomic mass is 10.1. The highest BCUT2D eigenvalue weighted by atomic mass is 19.4. The minimum absolute atomic E-state index is 0.382. The maximum Gasteiger partial charge on any atom is 0.381 e. The van der Waals surface area contributed by atoms with Crippen LogP contribution in [0, 0.1) is 17.5 Å². The first-order valence-electron chi connectivity index (χ1n) is 7.46. The Labute approximate surface area is 159 Å². The number of hydrogen-bond acceptors (Lipinski definition) is 4. The Morgan fingerprint density at radius 2 is 1.40 bits per heavy atom. The molecule has 0 saturated carbocycles. The molecule has 0 aromatic heterocycles. The van der Waals surface area contributed by atoms with Crippen LogP contribution in [0.4, 0.5) is 48.3 Å². The van der Waals surface area contributed by atoms with E-state index in [4.69, 9.17) is 0 Å². The molecule has 0 radical (unpaired) electrons. The summed E-state index contributed by atoms with van der Waals surface area (Å²) in [5, 5.41) is 0. The molecule has 0 N–H and O–H groups in total.